The summed E-state index contributed by atoms with van der Waals surface area (Å²) in [5, 5.41) is 0. The third-order valence-corrected chi connectivity index (χ3v) is 4.83. The fraction of sp³-hybridized carbons (Fsp3) is 0.250. The van der Waals surface area contributed by atoms with Crippen molar-refractivity contribution in [1.82, 2.24) is 4.72 Å². The number of methoxy groups -OCH3 is 2. The van der Waals surface area contributed by atoms with E-state index < -0.39 is 26.6 Å². The number of ether oxygens (including phenoxy) is 2. The summed E-state index contributed by atoms with van der Waals surface area (Å²) in [7, 11) is -1.04. The lowest BCUT2D eigenvalue weighted by Gasteiger charge is -2.10. The Morgan fingerprint density at radius 1 is 1.00 bits per heavy atom. The molecule has 24 heavy (non-hydrogen) atoms. The molecule has 0 aliphatic rings. The summed E-state index contributed by atoms with van der Waals surface area (Å²) in [5.41, 5.74) is 0.815. The van der Waals surface area contributed by atoms with Crippen LogP contribution >= 0.6 is 0 Å². The highest BCUT2D eigenvalue weighted by Crippen LogP contribution is 2.27. The molecule has 1 N–H and O–H groups in total. The minimum atomic E-state index is -4.05. The molecule has 0 radical (unpaired) electrons. The number of hydrogen-bond acceptors (Lipinski definition) is 4. The molecule has 0 amide bonds. The molecule has 0 heterocycles. The van der Waals surface area contributed by atoms with Crippen molar-refractivity contribution in [2.45, 2.75) is 11.3 Å². The summed E-state index contributed by atoms with van der Waals surface area (Å²) in [6.07, 6.45) is 0.363. The summed E-state index contributed by atoms with van der Waals surface area (Å²) in [5.74, 6) is -0.872. The topological polar surface area (TPSA) is 64.6 Å². The molecule has 2 aromatic carbocycles. The third kappa shape index (κ3) is 4.21. The van der Waals surface area contributed by atoms with Crippen molar-refractivity contribution < 1.29 is 26.7 Å². The van der Waals surface area contributed by atoms with Crippen LogP contribution in [0.4, 0.5) is 8.78 Å². The first-order valence-electron chi connectivity index (χ1n) is 7.03. The van der Waals surface area contributed by atoms with Crippen LogP contribution in [0.3, 0.4) is 0 Å². The van der Waals surface area contributed by atoms with Crippen molar-refractivity contribution in [3.8, 4) is 11.5 Å². The van der Waals surface area contributed by atoms with Gasteiger partial charge in [-0.05, 0) is 36.2 Å². The zero-order chi connectivity index (χ0) is 17.7. The lowest BCUT2D eigenvalue weighted by molar-refractivity contribution is 0.354. The fourth-order valence-corrected chi connectivity index (χ4v) is 3.23. The molecule has 2 rings (SSSR count). The fourth-order valence-electron chi connectivity index (χ4n) is 2.14. The van der Waals surface area contributed by atoms with Gasteiger partial charge in [-0.3, -0.25) is 0 Å². The van der Waals surface area contributed by atoms with Gasteiger partial charge in [0.15, 0.2) is 11.5 Å². The van der Waals surface area contributed by atoms with E-state index >= 15 is 0 Å². The SMILES string of the molecule is COc1ccc(CCNS(=O)(=O)c2ccc(F)cc2F)cc1OC. The highest BCUT2D eigenvalue weighted by atomic mass is 32.2. The molecule has 0 spiro atoms. The molecule has 0 aliphatic carbocycles. The largest absolute Gasteiger partial charge is 0.493 e. The second-order valence-electron chi connectivity index (χ2n) is 4.91. The smallest absolute Gasteiger partial charge is 0.243 e. The second-order valence-corrected chi connectivity index (χ2v) is 6.65. The van der Waals surface area contributed by atoms with Gasteiger partial charge in [0.05, 0.1) is 14.2 Å². The molecular weight excluding hydrogens is 340 g/mol. The molecule has 0 bridgehead atoms. The second kappa shape index (κ2) is 7.59. The van der Waals surface area contributed by atoms with E-state index in [0.29, 0.717) is 24.0 Å². The Morgan fingerprint density at radius 3 is 2.33 bits per heavy atom. The molecule has 0 aliphatic heterocycles. The van der Waals surface area contributed by atoms with E-state index in [1.165, 1.54) is 14.2 Å². The van der Waals surface area contributed by atoms with Crippen LogP contribution in [0.25, 0.3) is 0 Å². The van der Waals surface area contributed by atoms with E-state index in [0.717, 1.165) is 17.7 Å². The van der Waals surface area contributed by atoms with Crippen LogP contribution < -0.4 is 14.2 Å². The summed E-state index contributed by atoms with van der Waals surface area (Å²) in [6.45, 7) is 0.0502. The van der Waals surface area contributed by atoms with E-state index in [-0.39, 0.29) is 6.54 Å². The summed E-state index contributed by atoms with van der Waals surface area (Å²) in [6, 6.07) is 7.53. The lowest BCUT2D eigenvalue weighted by Crippen LogP contribution is -2.26. The van der Waals surface area contributed by atoms with Crippen molar-refractivity contribution in [3.05, 3.63) is 53.6 Å². The quantitative estimate of drug-likeness (QED) is 0.827. The Hall–Kier alpha value is -2.19. The highest BCUT2D eigenvalue weighted by Gasteiger charge is 2.19. The molecule has 5 nitrogen and oxygen atoms in total. The number of rotatable bonds is 7. The Bertz CT molecular complexity index is 825. The van der Waals surface area contributed by atoms with Gasteiger partial charge in [-0.2, -0.15) is 0 Å². The van der Waals surface area contributed by atoms with Crippen LogP contribution in [-0.4, -0.2) is 29.2 Å². The van der Waals surface area contributed by atoms with Crippen LogP contribution in [0.2, 0.25) is 0 Å². The minimum absolute atomic E-state index is 0.0502. The van der Waals surface area contributed by atoms with Gasteiger partial charge in [-0.25, -0.2) is 21.9 Å². The van der Waals surface area contributed by atoms with Gasteiger partial charge in [-0.15, -0.1) is 0 Å². The zero-order valence-corrected chi connectivity index (χ0v) is 14.0. The number of hydrogen-bond donors (Lipinski definition) is 1. The van der Waals surface area contributed by atoms with E-state index in [2.05, 4.69) is 4.72 Å². The Labute approximate surface area is 139 Å². The van der Waals surface area contributed by atoms with Crippen LogP contribution in [0, 0.1) is 11.6 Å². The predicted molar refractivity (Wildman–Crippen MR) is 84.8 cm³/mol. The van der Waals surface area contributed by atoms with Crippen molar-refractivity contribution in [2.75, 3.05) is 20.8 Å². The van der Waals surface area contributed by atoms with Crippen molar-refractivity contribution in [2.24, 2.45) is 0 Å². The van der Waals surface area contributed by atoms with Crippen LogP contribution in [-0.2, 0) is 16.4 Å². The van der Waals surface area contributed by atoms with Gasteiger partial charge in [0.1, 0.15) is 16.5 Å². The van der Waals surface area contributed by atoms with Crippen molar-refractivity contribution in [3.63, 3.8) is 0 Å². The molecular formula is C16H17F2NO4S. The molecule has 130 valence electrons. The summed E-state index contributed by atoms with van der Waals surface area (Å²) >= 11 is 0. The first-order chi connectivity index (χ1) is 11.4. The van der Waals surface area contributed by atoms with Crippen molar-refractivity contribution >= 4 is 10.0 Å². The molecule has 0 saturated carbocycles. The molecule has 0 saturated heterocycles. The Balaban J connectivity index is 2.05. The monoisotopic (exact) mass is 357 g/mol. The van der Waals surface area contributed by atoms with E-state index in [4.69, 9.17) is 9.47 Å². The Kier molecular flexibility index (Phi) is 5.74. The number of nitrogens with one attached hydrogen (secondary N) is 1. The average molecular weight is 357 g/mol. The zero-order valence-electron chi connectivity index (χ0n) is 13.2. The predicted octanol–water partition coefficient (Wildman–Crippen LogP) is 2.50. The minimum Gasteiger partial charge on any atom is -0.493 e. The highest BCUT2D eigenvalue weighted by molar-refractivity contribution is 7.89. The number of benzene rings is 2. The van der Waals surface area contributed by atoms with Gasteiger partial charge in [-0.1, -0.05) is 6.07 Å². The van der Waals surface area contributed by atoms with Crippen LogP contribution in [0.5, 0.6) is 11.5 Å². The number of halogens is 2. The standard InChI is InChI=1S/C16H17F2NO4S/c1-22-14-5-3-11(9-15(14)23-2)7-8-19-24(20,21)16-6-4-12(17)10-13(16)18/h3-6,9-10,19H,7-8H2,1-2H3. The summed E-state index contributed by atoms with van der Waals surface area (Å²) < 4.78 is 63.2. The van der Waals surface area contributed by atoms with E-state index in [1.54, 1.807) is 18.2 Å². The molecule has 0 atom stereocenters. The molecule has 0 fully saturated rings. The maximum absolute atomic E-state index is 13.6. The van der Waals surface area contributed by atoms with Gasteiger partial charge < -0.3 is 9.47 Å². The Morgan fingerprint density at radius 2 is 1.71 bits per heavy atom. The third-order valence-electron chi connectivity index (χ3n) is 3.34. The van der Waals surface area contributed by atoms with E-state index in [1.807, 2.05) is 0 Å². The van der Waals surface area contributed by atoms with Gasteiger partial charge in [0.25, 0.3) is 0 Å². The first kappa shape index (κ1) is 18.2. The van der Waals surface area contributed by atoms with Gasteiger partial charge >= 0.3 is 0 Å². The molecule has 0 unspecified atom stereocenters. The van der Waals surface area contributed by atoms with Crippen LogP contribution in [0.1, 0.15) is 5.56 Å². The van der Waals surface area contributed by atoms with Crippen molar-refractivity contribution in [1.29, 1.82) is 0 Å². The van der Waals surface area contributed by atoms with Gasteiger partial charge in [0.2, 0.25) is 10.0 Å². The normalized spacial score (nSPS) is 11.3. The van der Waals surface area contributed by atoms with Crippen LogP contribution in [0.15, 0.2) is 41.3 Å². The molecule has 2 aromatic rings. The molecule has 8 heteroatoms. The van der Waals surface area contributed by atoms with Gasteiger partial charge in [0, 0.05) is 12.6 Å². The first-order valence-corrected chi connectivity index (χ1v) is 8.51. The van der Waals surface area contributed by atoms with E-state index in [9.17, 15) is 17.2 Å². The molecule has 0 aromatic heterocycles. The summed E-state index contributed by atoms with van der Waals surface area (Å²) in [4.78, 5) is -0.587. The maximum Gasteiger partial charge on any atom is 0.243 e. The lowest BCUT2D eigenvalue weighted by atomic mass is 10.1. The maximum atomic E-state index is 13.6. The average Bonchev–Trinajstić information content (AvgIpc) is 2.54. The number of sulfonamides is 1.